The van der Waals surface area contributed by atoms with Crippen molar-refractivity contribution in [2.75, 3.05) is 26.0 Å². The van der Waals surface area contributed by atoms with Gasteiger partial charge in [0.05, 0.1) is 30.7 Å². The Kier molecular flexibility index (Phi) is 6.24. The van der Waals surface area contributed by atoms with Gasteiger partial charge >= 0.3 is 0 Å². The fourth-order valence-electron chi connectivity index (χ4n) is 4.79. The molecule has 2 atom stereocenters. The third-order valence-corrected chi connectivity index (χ3v) is 7.17. The number of ether oxygens (including phenoxy) is 1. The van der Waals surface area contributed by atoms with E-state index in [1.54, 1.807) is 0 Å². The van der Waals surface area contributed by atoms with Crippen molar-refractivity contribution in [2.24, 2.45) is 13.0 Å². The van der Waals surface area contributed by atoms with Crippen LogP contribution in [-0.4, -0.2) is 56.3 Å². The molecule has 1 aliphatic carbocycles. The number of benzene rings is 1. The molecular formula is C21H32N4O3S. The zero-order chi connectivity index (χ0) is 20.4. The molecule has 2 N–H and O–H groups in total. The van der Waals surface area contributed by atoms with Crippen LogP contribution in [0.15, 0.2) is 24.4 Å². The predicted octanol–water partition coefficient (Wildman–Crippen LogP) is 2.14. The van der Waals surface area contributed by atoms with Crippen LogP contribution in [0.3, 0.4) is 0 Å². The zero-order valence-corrected chi connectivity index (χ0v) is 18.1. The summed E-state index contributed by atoms with van der Waals surface area (Å²) < 4.78 is 34.2. The highest BCUT2D eigenvalue weighted by molar-refractivity contribution is 7.88. The van der Waals surface area contributed by atoms with Gasteiger partial charge in [0.25, 0.3) is 0 Å². The van der Waals surface area contributed by atoms with Crippen LogP contribution < -0.4 is 10.0 Å². The summed E-state index contributed by atoms with van der Waals surface area (Å²) >= 11 is 0. The predicted molar refractivity (Wildman–Crippen MR) is 114 cm³/mol. The van der Waals surface area contributed by atoms with Gasteiger partial charge in [-0.25, -0.2) is 13.1 Å². The van der Waals surface area contributed by atoms with Crippen molar-refractivity contribution in [3.63, 3.8) is 0 Å². The molecule has 1 saturated heterocycles. The molecule has 0 radical (unpaired) electrons. The molecule has 1 aromatic carbocycles. The summed E-state index contributed by atoms with van der Waals surface area (Å²) in [6.45, 7) is 2.25. The van der Waals surface area contributed by atoms with Crippen LogP contribution in [-0.2, 0) is 21.8 Å². The number of sulfonamides is 1. The van der Waals surface area contributed by atoms with E-state index in [2.05, 4.69) is 33.3 Å². The maximum atomic E-state index is 11.6. The van der Waals surface area contributed by atoms with E-state index in [1.807, 2.05) is 17.9 Å². The van der Waals surface area contributed by atoms with E-state index in [4.69, 9.17) is 4.74 Å². The number of hydrogen-bond donors (Lipinski definition) is 2. The van der Waals surface area contributed by atoms with Gasteiger partial charge < -0.3 is 10.1 Å². The van der Waals surface area contributed by atoms with Gasteiger partial charge in [0.2, 0.25) is 10.0 Å². The Balaban J connectivity index is 1.29. The molecule has 4 rings (SSSR count). The first kappa shape index (κ1) is 20.8. The molecule has 7 nitrogen and oxygen atoms in total. The Bertz CT molecular complexity index is 935. The minimum atomic E-state index is -3.19. The molecule has 1 aliphatic heterocycles. The maximum absolute atomic E-state index is 11.6. The van der Waals surface area contributed by atoms with Gasteiger partial charge in [0.15, 0.2) is 0 Å². The highest BCUT2D eigenvalue weighted by Gasteiger charge is 2.29. The van der Waals surface area contributed by atoms with E-state index in [-0.39, 0.29) is 18.1 Å². The molecule has 1 aromatic heterocycles. The third kappa shape index (κ3) is 5.17. The first-order valence-electron chi connectivity index (χ1n) is 10.6. The smallest absolute Gasteiger partial charge is 0.208 e. The molecule has 0 bridgehead atoms. The minimum Gasteiger partial charge on any atom is -0.378 e. The zero-order valence-electron chi connectivity index (χ0n) is 17.3. The van der Waals surface area contributed by atoms with E-state index in [9.17, 15) is 8.42 Å². The number of aryl methyl sites for hydroxylation is 1. The first-order valence-corrected chi connectivity index (χ1v) is 12.5. The molecule has 2 unspecified atom stereocenters. The molecule has 2 fully saturated rings. The normalized spacial score (nSPS) is 28.6. The van der Waals surface area contributed by atoms with Crippen molar-refractivity contribution in [2.45, 2.75) is 50.2 Å². The average molecular weight is 421 g/mol. The van der Waals surface area contributed by atoms with Crippen LogP contribution in [0.5, 0.6) is 0 Å². The molecule has 29 heavy (non-hydrogen) atoms. The van der Waals surface area contributed by atoms with Crippen LogP contribution in [0.1, 0.15) is 43.6 Å². The SMILES string of the molecule is Cn1ncc2cc(C3CCC(OCC4CNCCC4NS(C)(=O)=O)CC3)ccc21. The average Bonchev–Trinajstić information content (AvgIpc) is 3.07. The van der Waals surface area contributed by atoms with E-state index in [0.29, 0.717) is 12.5 Å². The molecule has 8 heteroatoms. The standard InChI is InChI=1S/C21H32N4O3S/c1-25-21-8-5-16(11-17(21)13-23-25)15-3-6-19(7-4-15)28-14-18-12-22-10-9-20(18)24-29(2,26)27/h5,8,11,13,15,18-20,22,24H,3-4,6-7,9-10,12,14H2,1-2H3. The van der Waals surface area contributed by atoms with Crippen LogP contribution in [0, 0.1) is 5.92 Å². The second-order valence-electron chi connectivity index (χ2n) is 8.64. The molecule has 2 aromatic rings. The maximum Gasteiger partial charge on any atom is 0.208 e. The number of nitrogens with one attached hydrogen (secondary N) is 2. The number of rotatable bonds is 6. The van der Waals surface area contributed by atoms with Gasteiger partial charge in [-0.05, 0) is 62.3 Å². The van der Waals surface area contributed by atoms with Crippen LogP contribution in [0.2, 0.25) is 0 Å². The van der Waals surface area contributed by atoms with Gasteiger partial charge in [0, 0.05) is 30.9 Å². The minimum absolute atomic E-state index is 0.0335. The van der Waals surface area contributed by atoms with E-state index < -0.39 is 10.0 Å². The van der Waals surface area contributed by atoms with Gasteiger partial charge in [0.1, 0.15) is 0 Å². The summed E-state index contributed by atoms with van der Waals surface area (Å²) in [4.78, 5) is 0. The fraction of sp³-hybridized carbons (Fsp3) is 0.667. The van der Waals surface area contributed by atoms with Gasteiger partial charge in [-0.1, -0.05) is 6.07 Å². The molecular weight excluding hydrogens is 388 g/mol. The lowest BCUT2D eigenvalue weighted by molar-refractivity contribution is -0.00402. The largest absolute Gasteiger partial charge is 0.378 e. The highest BCUT2D eigenvalue weighted by atomic mass is 32.2. The lowest BCUT2D eigenvalue weighted by atomic mass is 9.82. The van der Waals surface area contributed by atoms with E-state index in [0.717, 1.165) is 45.2 Å². The van der Waals surface area contributed by atoms with E-state index in [1.165, 1.54) is 22.7 Å². The monoisotopic (exact) mass is 420 g/mol. The molecule has 160 valence electrons. The molecule has 2 heterocycles. The number of fused-ring (bicyclic) bond motifs is 1. The highest BCUT2D eigenvalue weighted by Crippen LogP contribution is 2.35. The molecule has 0 spiro atoms. The lowest BCUT2D eigenvalue weighted by Crippen LogP contribution is -2.51. The van der Waals surface area contributed by atoms with E-state index >= 15 is 0 Å². The van der Waals surface area contributed by atoms with Crippen molar-refractivity contribution < 1.29 is 13.2 Å². The Morgan fingerprint density at radius 1 is 1.24 bits per heavy atom. The summed E-state index contributed by atoms with van der Waals surface area (Å²) in [5.41, 5.74) is 2.57. The summed E-state index contributed by atoms with van der Waals surface area (Å²) in [5, 5.41) is 8.91. The number of hydrogen-bond acceptors (Lipinski definition) is 5. The van der Waals surface area contributed by atoms with Crippen molar-refractivity contribution in [1.82, 2.24) is 19.8 Å². The Morgan fingerprint density at radius 3 is 2.79 bits per heavy atom. The van der Waals surface area contributed by atoms with Crippen molar-refractivity contribution in [3.8, 4) is 0 Å². The molecule has 2 aliphatic rings. The Hall–Kier alpha value is -1.48. The number of piperidine rings is 1. The first-order chi connectivity index (χ1) is 13.9. The third-order valence-electron chi connectivity index (χ3n) is 6.43. The summed E-state index contributed by atoms with van der Waals surface area (Å²) in [6, 6.07) is 6.66. The van der Waals surface area contributed by atoms with Crippen molar-refractivity contribution in [1.29, 1.82) is 0 Å². The Labute approximate surface area is 173 Å². The second kappa shape index (κ2) is 8.71. The second-order valence-corrected chi connectivity index (χ2v) is 10.4. The molecule has 0 amide bonds. The fourth-order valence-corrected chi connectivity index (χ4v) is 5.65. The summed E-state index contributed by atoms with van der Waals surface area (Å²) in [7, 11) is -1.22. The van der Waals surface area contributed by atoms with Crippen LogP contribution in [0.25, 0.3) is 10.9 Å². The van der Waals surface area contributed by atoms with Crippen molar-refractivity contribution >= 4 is 20.9 Å². The van der Waals surface area contributed by atoms with Crippen molar-refractivity contribution in [3.05, 3.63) is 30.0 Å². The topological polar surface area (TPSA) is 85.2 Å². The van der Waals surface area contributed by atoms with Gasteiger partial charge in [-0.3, -0.25) is 4.68 Å². The number of nitrogens with zero attached hydrogens (tertiary/aromatic N) is 2. The van der Waals surface area contributed by atoms with Crippen LogP contribution >= 0.6 is 0 Å². The lowest BCUT2D eigenvalue weighted by Gasteiger charge is -2.34. The summed E-state index contributed by atoms with van der Waals surface area (Å²) in [5.74, 6) is 0.764. The summed E-state index contributed by atoms with van der Waals surface area (Å²) in [6.07, 6.45) is 8.62. The Morgan fingerprint density at radius 2 is 2.03 bits per heavy atom. The van der Waals surface area contributed by atoms with Gasteiger partial charge in [-0.15, -0.1) is 0 Å². The van der Waals surface area contributed by atoms with Crippen LogP contribution in [0.4, 0.5) is 0 Å². The quantitative estimate of drug-likeness (QED) is 0.748. The van der Waals surface area contributed by atoms with Gasteiger partial charge in [-0.2, -0.15) is 5.10 Å². The number of aromatic nitrogens is 2. The molecule has 1 saturated carbocycles.